The Hall–Kier alpha value is -0.890. The summed E-state index contributed by atoms with van der Waals surface area (Å²) in [6.45, 7) is 5.38. The SMILES string of the molecule is CC(C)C1CCC(CN)(Cc2ccc(F)cc2)CC1. The first-order valence-electron chi connectivity index (χ1n) is 7.49. The number of benzene rings is 1. The third-order valence-electron chi connectivity index (χ3n) is 4.96. The third-order valence-corrected chi connectivity index (χ3v) is 4.96. The average molecular weight is 263 g/mol. The Balaban J connectivity index is 2.02. The highest BCUT2D eigenvalue weighted by molar-refractivity contribution is 5.18. The minimum absolute atomic E-state index is 0.158. The van der Waals surface area contributed by atoms with Crippen molar-refractivity contribution >= 4 is 0 Å². The van der Waals surface area contributed by atoms with Crippen LogP contribution in [0, 0.1) is 23.1 Å². The van der Waals surface area contributed by atoms with Crippen LogP contribution < -0.4 is 5.73 Å². The molecule has 1 nitrogen and oxygen atoms in total. The van der Waals surface area contributed by atoms with Gasteiger partial charge in [-0.25, -0.2) is 4.39 Å². The van der Waals surface area contributed by atoms with Crippen molar-refractivity contribution in [2.24, 2.45) is 23.0 Å². The van der Waals surface area contributed by atoms with Crippen molar-refractivity contribution in [2.45, 2.75) is 46.0 Å². The lowest BCUT2D eigenvalue weighted by molar-refractivity contribution is 0.132. The molecule has 1 aromatic rings. The van der Waals surface area contributed by atoms with Gasteiger partial charge in [0.15, 0.2) is 0 Å². The van der Waals surface area contributed by atoms with Crippen molar-refractivity contribution in [3.63, 3.8) is 0 Å². The number of rotatable bonds is 4. The van der Waals surface area contributed by atoms with E-state index >= 15 is 0 Å². The van der Waals surface area contributed by atoms with E-state index in [4.69, 9.17) is 5.73 Å². The molecule has 0 heterocycles. The first-order chi connectivity index (χ1) is 9.04. The van der Waals surface area contributed by atoms with Crippen LogP contribution in [0.4, 0.5) is 4.39 Å². The standard InChI is InChI=1S/C17H26FN/c1-13(2)15-7-9-17(12-19,10-8-15)11-14-3-5-16(18)6-4-14/h3-6,13,15H,7-12,19H2,1-2H3. The molecular formula is C17H26FN. The number of nitrogens with two attached hydrogens (primary N) is 1. The third kappa shape index (κ3) is 3.56. The summed E-state index contributed by atoms with van der Waals surface area (Å²) in [5, 5.41) is 0. The maximum absolute atomic E-state index is 13.0. The lowest BCUT2D eigenvalue weighted by Gasteiger charge is -2.41. The summed E-state index contributed by atoms with van der Waals surface area (Å²) in [6, 6.07) is 6.92. The van der Waals surface area contributed by atoms with Gasteiger partial charge in [0.1, 0.15) is 5.82 Å². The van der Waals surface area contributed by atoms with E-state index in [9.17, 15) is 4.39 Å². The summed E-state index contributed by atoms with van der Waals surface area (Å²) in [5.74, 6) is 1.48. The highest BCUT2D eigenvalue weighted by atomic mass is 19.1. The quantitative estimate of drug-likeness (QED) is 0.867. The molecule has 0 spiro atoms. The molecule has 1 aromatic carbocycles. The van der Waals surface area contributed by atoms with E-state index in [1.807, 2.05) is 12.1 Å². The molecule has 0 amide bonds. The van der Waals surface area contributed by atoms with Gasteiger partial charge in [0.2, 0.25) is 0 Å². The van der Waals surface area contributed by atoms with E-state index in [1.165, 1.54) is 31.2 Å². The van der Waals surface area contributed by atoms with Crippen molar-refractivity contribution in [3.05, 3.63) is 35.6 Å². The highest BCUT2D eigenvalue weighted by Gasteiger charge is 2.34. The van der Waals surface area contributed by atoms with Crippen LogP contribution in [0.1, 0.15) is 45.1 Å². The molecule has 0 atom stereocenters. The Bertz CT molecular complexity index is 388. The molecule has 0 radical (unpaired) electrons. The Morgan fingerprint density at radius 2 is 1.79 bits per heavy atom. The fraction of sp³-hybridized carbons (Fsp3) is 0.647. The normalized spacial score (nSPS) is 27.7. The first kappa shape index (κ1) is 14.5. The molecule has 1 aliphatic rings. The molecule has 2 rings (SSSR count). The number of hydrogen-bond acceptors (Lipinski definition) is 1. The van der Waals surface area contributed by atoms with Crippen LogP contribution in [-0.2, 0) is 6.42 Å². The highest BCUT2D eigenvalue weighted by Crippen LogP contribution is 2.42. The lowest BCUT2D eigenvalue weighted by atomic mass is 9.65. The van der Waals surface area contributed by atoms with Crippen LogP contribution in [0.15, 0.2) is 24.3 Å². The van der Waals surface area contributed by atoms with Gasteiger partial charge >= 0.3 is 0 Å². The fourth-order valence-corrected chi connectivity index (χ4v) is 3.41. The van der Waals surface area contributed by atoms with Crippen LogP contribution in [0.5, 0.6) is 0 Å². The Morgan fingerprint density at radius 1 is 1.21 bits per heavy atom. The van der Waals surface area contributed by atoms with Gasteiger partial charge in [0, 0.05) is 0 Å². The van der Waals surface area contributed by atoms with E-state index in [1.54, 1.807) is 12.1 Å². The zero-order chi connectivity index (χ0) is 13.9. The largest absolute Gasteiger partial charge is 0.330 e. The number of hydrogen-bond donors (Lipinski definition) is 1. The second-order valence-corrected chi connectivity index (χ2v) is 6.59. The van der Waals surface area contributed by atoms with Crippen molar-refractivity contribution < 1.29 is 4.39 Å². The molecule has 1 aliphatic carbocycles. The fourth-order valence-electron chi connectivity index (χ4n) is 3.41. The van der Waals surface area contributed by atoms with Crippen molar-refractivity contribution in [2.75, 3.05) is 6.54 Å². The molecule has 2 heteroatoms. The smallest absolute Gasteiger partial charge is 0.123 e. The predicted octanol–water partition coefficient (Wildman–Crippen LogP) is 4.16. The molecule has 2 N–H and O–H groups in total. The maximum Gasteiger partial charge on any atom is 0.123 e. The van der Waals surface area contributed by atoms with Gasteiger partial charge in [-0.1, -0.05) is 26.0 Å². The molecule has 0 unspecified atom stereocenters. The van der Waals surface area contributed by atoms with Gasteiger partial charge in [-0.05, 0) is 73.6 Å². The summed E-state index contributed by atoms with van der Waals surface area (Å²) in [6.07, 6.45) is 5.99. The molecular weight excluding hydrogens is 237 g/mol. The van der Waals surface area contributed by atoms with Crippen LogP contribution in [-0.4, -0.2) is 6.54 Å². The number of halogens is 1. The van der Waals surface area contributed by atoms with E-state index < -0.39 is 0 Å². The van der Waals surface area contributed by atoms with Crippen LogP contribution >= 0.6 is 0 Å². The van der Waals surface area contributed by atoms with Crippen LogP contribution in [0.2, 0.25) is 0 Å². The van der Waals surface area contributed by atoms with Crippen LogP contribution in [0.3, 0.4) is 0 Å². The molecule has 0 saturated heterocycles. The Kier molecular flexibility index (Phi) is 4.62. The summed E-state index contributed by atoms with van der Waals surface area (Å²) < 4.78 is 13.0. The molecule has 0 aromatic heterocycles. The first-order valence-corrected chi connectivity index (χ1v) is 7.49. The van der Waals surface area contributed by atoms with Gasteiger partial charge in [-0.3, -0.25) is 0 Å². The zero-order valence-corrected chi connectivity index (χ0v) is 12.2. The van der Waals surface area contributed by atoms with Crippen molar-refractivity contribution in [1.29, 1.82) is 0 Å². The van der Waals surface area contributed by atoms with Gasteiger partial charge in [-0.15, -0.1) is 0 Å². The summed E-state index contributed by atoms with van der Waals surface area (Å²) >= 11 is 0. The predicted molar refractivity (Wildman–Crippen MR) is 78.4 cm³/mol. The van der Waals surface area contributed by atoms with E-state index in [0.29, 0.717) is 0 Å². The summed E-state index contributed by atoms with van der Waals surface area (Å²) in [4.78, 5) is 0. The monoisotopic (exact) mass is 263 g/mol. The minimum atomic E-state index is -0.158. The minimum Gasteiger partial charge on any atom is -0.330 e. The average Bonchev–Trinajstić information content (AvgIpc) is 2.42. The summed E-state index contributed by atoms with van der Waals surface area (Å²) in [5.41, 5.74) is 7.52. The second kappa shape index (κ2) is 6.04. The van der Waals surface area contributed by atoms with E-state index in [0.717, 1.165) is 24.8 Å². The van der Waals surface area contributed by atoms with Gasteiger partial charge in [-0.2, -0.15) is 0 Å². The van der Waals surface area contributed by atoms with Crippen molar-refractivity contribution in [1.82, 2.24) is 0 Å². The Morgan fingerprint density at radius 3 is 2.26 bits per heavy atom. The second-order valence-electron chi connectivity index (χ2n) is 6.59. The molecule has 1 saturated carbocycles. The topological polar surface area (TPSA) is 26.0 Å². The Labute approximate surface area is 116 Å². The maximum atomic E-state index is 13.0. The van der Waals surface area contributed by atoms with Crippen molar-refractivity contribution in [3.8, 4) is 0 Å². The van der Waals surface area contributed by atoms with E-state index in [-0.39, 0.29) is 11.2 Å². The molecule has 0 aliphatic heterocycles. The molecule has 0 bridgehead atoms. The van der Waals surface area contributed by atoms with E-state index in [2.05, 4.69) is 13.8 Å². The lowest BCUT2D eigenvalue weighted by Crippen LogP contribution is -2.37. The summed E-state index contributed by atoms with van der Waals surface area (Å²) in [7, 11) is 0. The molecule has 1 fully saturated rings. The van der Waals surface area contributed by atoms with Gasteiger partial charge in [0.05, 0.1) is 0 Å². The molecule has 19 heavy (non-hydrogen) atoms. The zero-order valence-electron chi connectivity index (χ0n) is 12.2. The van der Waals surface area contributed by atoms with Gasteiger partial charge in [0.25, 0.3) is 0 Å². The molecule has 106 valence electrons. The van der Waals surface area contributed by atoms with Crippen LogP contribution in [0.25, 0.3) is 0 Å². The van der Waals surface area contributed by atoms with Gasteiger partial charge < -0.3 is 5.73 Å².